The van der Waals surface area contributed by atoms with Crippen molar-refractivity contribution in [2.75, 3.05) is 0 Å². The quantitative estimate of drug-likeness (QED) is 0.723. The van der Waals surface area contributed by atoms with Crippen LogP contribution in [0.2, 0.25) is 16.6 Å². The van der Waals surface area contributed by atoms with Crippen LogP contribution in [0.5, 0.6) is 0 Å². The molecule has 4 nitrogen and oxygen atoms in total. The molecule has 0 aromatic heterocycles. The van der Waals surface area contributed by atoms with E-state index < -0.39 is 8.32 Å². The molecule has 144 valence electrons. The topological polar surface area (TPSA) is 115 Å². The summed E-state index contributed by atoms with van der Waals surface area (Å²) in [4.78, 5) is 12.0. The summed E-state index contributed by atoms with van der Waals surface area (Å²) in [5.41, 5.74) is 2.30. The third-order valence-corrected chi connectivity index (χ3v) is 12.4. The average molecular weight is 396 g/mol. The first kappa shape index (κ1) is 27.0. The summed E-state index contributed by atoms with van der Waals surface area (Å²) >= 11 is 0. The van der Waals surface area contributed by atoms with Crippen LogP contribution in [-0.4, -0.2) is 29.5 Å². The second-order valence-corrected chi connectivity index (χ2v) is 12.1. The molecule has 6 heteroatoms. The van der Waals surface area contributed by atoms with Gasteiger partial charge < -0.3 is 21.2 Å². The summed E-state index contributed by atoms with van der Waals surface area (Å²) in [5.74, 6) is 0. The molecule has 0 aliphatic heterocycles. The molecule has 0 amide bonds. The Labute approximate surface area is 164 Å². The minimum Gasteiger partial charge on any atom is -0.431 e. The molecule has 0 radical (unpaired) electrons. The van der Waals surface area contributed by atoms with E-state index in [2.05, 4.69) is 0 Å². The van der Waals surface area contributed by atoms with Crippen molar-refractivity contribution in [3.05, 3.63) is 0 Å². The Morgan fingerprint density at radius 1 is 0.458 bits per heavy atom. The third kappa shape index (κ3) is 5.90. The van der Waals surface area contributed by atoms with Crippen molar-refractivity contribution in [2.24, 2.45) is 0 Å². The van der Waals surface area contributed by atoms with Crippen molar-refractivity contribution >= 4 is 8.32 Å². The van der Waals surface area contributed by atoms with Gasteiger partial charge in [0.05, 0.1) is 0 Å². The van der Waals surface area contributed by atoms with E-state index >= 15 is 0 Å². The van der Waals surface area contributed by atoms with E-state index in [9.17, 15) is 4.80 Å². The number of hydrogen-bond acceptors (Lipinski definition) is 1. The Kier molecular flexibility index (Phi) is 14.6. The molecule has 3 fully saturated rings. The van der Waals surface area contributed by atoms with Crippen molar-refractivity contribution in [1.82, 2.24) is 0 Å². The van der Waals surface area contributed by atoms with Gasteiger partial charge in [-0.1, -0.05) is 96.3 Å². The van der Waals surface area contributed by atoms with E-state index in [-0.39, 0.29) is 38.1 Å². The van der Waals surface area contributed by atoms with E-state index in [0.717, 1.165) is 16.6 Å². The van der Waals surface area contributed by atoms with E-state index in [1.54, 1.807) is 0 Å². The van der Waals surface area contributed by atoms with Gasteiger partial charge in [0.15, 0.2) is 8.32 Å². The average Bonchev–Trinajstić information content (AvgIpc) is 2.56. The summed E-state index contributed by atoms with van der Waals surface area (Å²) in [6.45, 7) is 0. The molecule has 0 unspecified atom stereocenters. The normalized spacial score (nSPS) is 23.9. The third-order valence-electron chi connectivity index (χ3n) is 6.78. The van der Waals surface area contributed by atoms with Crippen molar-refractivity contribution in [3.8, 4) is 0 Å². The molecule has 3 saturated carbocycles. The van der Waals surface area contributed by atoms with Crippen molar-refractivity contribution in [2.45, 2.75) is 113 Å². The zero-order valence-electron chi connectivity index (χ0n) is 15.3. The second kappa shape index (κ2) is 13.0. The smallest absolute Gasteiger partial charge is 0.197 e. The Balaban J connectivity index is 0. The first-order valence-corrected chi connectivity index (χ1v) is 11.7. The molecular weight excluding hydrogens is 356 g/mol. The van der Waals surface area contributed by atoms with Gasteiger partial charge in [-0.15, -0.1) is 0 Å². The largest absolute Gasteiger partial charge is 0.431 e. The molecule has 0 saturated heterocycles. The fourth-order valence-electron chi connectivity index (χ4n) is 5.70. The number of hydrogen-bond donors (Lipinski definition) is 1. The first-order valence-electron chi connectivity index (χ1n) is 9.54. The van der Waals surface area contributed by atoms with Gasteiger partial charge in [0.2, 0.25) is 0 Å². The second-order valence-electron chi connectivity index (χ2n) is 7.89. The molecular formula is C18H40O4SiTi. The van der Waals surface area contributed by atoms with E-state index in [1.165, 1.54) is 96.3 Å². The number of rotatable bonds is 3. The molecule has 3 aliphatic carbocycles. The van der Waals surface area contributed by atoms with E-state index in [0.29, 0.717) is 0 Å². The fourth-order valence-corrected chi connectivity index (χ4v) is 11.7. The first-order chi connectivity index (χ1) is 9.82. The fraction of sp³-hybridized carbons (Fsp3) is 1.00. The summed E-state index contributed by atoms with van der Waals surface area (Å²) < 4.78 is 0. The summed E-state index contributed by atoms with van der Waals surface area (Å²) in [5, 5.41) is 0. The van der Waals surface area contributed by atoms with Crippen LogP contribution < -0.4 is 0 Å². The molecule has 3 aliphatic rings. The minimum atomic E-state index is -2.05. The van der Waals surface area contributed by atoms with Crippen LogP contribution in [0, 0.1) is 0 Å². The predicted octanol–water partition coefficient (Wildman–Crippen LogP) is 3.45. The zero-order valence-corrected chi connectivity index (χ0v) is 17.8. The Hall–Kier alpha value is 0.771. The van der Waals surface area contributed by atoms with Crippen molar-refractivity contribution in [1.29, 1.82) is 0 Å². The molecule has 0 bridgehead atoms. The van der Waals surface area contributed by atoms with Gasteiger partial charge in [-0.3, -0.25) is 0 Å². The predicted molar refractivity (Wildman–Crippen MR) is 99.3 cm³/mol. The molecule has 3 rings (SSSR count). The van der Waals surface area contributed by atoms with Crippen LogP contribution in [-0.2, 0) is 21.7 Å². The monoisotopic (exact) mass is 396 g/mol. The molecule has 0 heterocycles. The maximum atomic E-state index is 12.0. The van der Waals surface area contributed by atoms with Crippen molar-refractivity contribution in [3.63, 3.8) is 0 Å². The Bertz CT molecular complexity index is 256. The maximum Gasteiger partial charge on any atom is 0.197 e. The molecule has 24 heavy (non-hydrogen) atoms. The summed E-state index contributed by atoms with van der Waals surface area (Å²) in [6, 6.07) is 0. The van der Waals surface area contributed by atoms with E-state index in [4.69, 9.17) is 0 Å². The zero-order chi connectivity index (χ0) is 13.8. The van der Waals surface area contributed by atoms with Crippen molar-refractivity contribution < 1.29 is 42.9 Å². The van der Waals surface area contributed by atoms with Crippen LogP contribution in [0.3, 0.4) is 0 Å². The summed E-state index contributed by atoms with van der Waals surface area (Å²) in [6.07, 6.45) is 20.9. The van der Waals surface area contributed by atoms with Gasteiger partial charge in [-0.25, -0.2) is 0 Å². The van der Waals surface area contributed by atoms with Crippen LogP contribution >= 0.6 is 0 Å². The van der Waals surface area contributed by atoms with Gasteiger partial charge in [0.1, 0.15) is 0 Å². The van der Waals surface area contributed by atoms with Gasteiger partial charge in [-0.05, 0) is 16.6 Å². The standard InChI is InChI=1S/C18H34OSi.3H2O.Ti/c19-20(16-10-4-1-5-11-16,17-12-6-2-7-13-17)18-14-8-3-9-15-18;;;;/h16-19H,1-15H2;3*1H2;. The van der Waals surface area contributed by atoms with Crippen LogP contribution in [0.4, 0.5) is 0 Å². The molecule has 0 aromatic carbocycles. The minimum absolute atomic E-state index is 0. The van der Waals surface area contributed by atoms with Gasteiger partial charge >= 0.3 is 0 Å². The van der Waals surface area contributed by atoms with E-state index in [1.807, 2.05) is 0 Å². The molecule has 0 atom stereocenters. The van der Waals surface area contributed by atoms with Gasteiger partial charge in [-0.2, -0.15) is 0 Å². The van der Waals surface area contributed by atoms with Gasteiger partial charge in [0.25, 0.3) is 0 Å². The maximum absolute atomic E-state index is 12.0. The Morgan fingerprint density at radius 3 is 0.875 bits per heavy atom. The van der Waals surface area contributed by atoms with Gasteiger partial charge in [0, 0.05) is 21.7 Å². The van der Waals surface area contributed by atoms with Crippen LogP contribution in [0.1, 0.15) is 96.3 Å². The molecule has 0 spiro atoms. The van der Waals surface area contributed by atoms with Crippen LogP contribution in [0.15, 0.2) is 0 Å². The Morgan fingerprint density at radius 2 is 0.667 bits per heavy atom. The van der Waals surface area contributed by atoms with Crippen LogP contribution in [0.25, 0.3) is 0 Å². The summed E-state index contributed by atoms with van der Waals surface area (Å²) in [7, 11) is -2.05. The SMILES string of the molecule is O.O.O.O[Si](C1CCCCC1)(C1CCCCC1)C1CCCCC1.[Ti]. The molecule has 0 aromatic rings. The molecule has 7 N–H and O–H groups in total.